The molecule has 1 aromatic heterocycles. The Labute approximate surface area is 174 Å². The summed E-state index contributed by atoms with van der Waals surface area (Å²) in [5.74, 6) is -1.53. The van der Waals surface area contributed by atoms with Crippen LogP contribution < -0.4 is 10.6 Å². The first-order valence-corrected chi connectivity index (χ1v) is 9.45. The number of para-hydroxylation sites is 1. The van der Waals surface area contributed by atoms with E-state index in [9.17, 15) is 19.2 Å². The average molecular weight is 417 g/mol. The molecule has 0 aliphatic carbocycles. The van der Waals surface area contributed by atoms with E-state index >= 15 is 0 Å². The maximum Gasteiger partial charge on any atom is 0.419 e. The van der Waals surface area contributed by atoms with Gasteiger partial charge in [-0.25, -0.2) is 9.59 Å². The maximum absolute atomic E-state index is 12.6. The van der Waals surface area contributed by atoms with E-state index in [0.29, 0.717) is 11.1 Å². The Morgan fingerprint density at radius 2 is 1.80 bits per heavy atom. The maximum atomic E-state index is 12.6. The van der Waals surface area contributed by atoms with E-state index in [0.717, 1.165) is 5.39 Å². The molecule has 1 aromatic carbocycles. The Kier molecular flexibility index (Phi) is 7.20. The highest BCUT2D eigenvalue weighted by Gasteiger charge is 2.26. The Hall–Kier alpha value is -3.36. The van der Waals surface area contributed by atoms with E-state index < -0.39 is 29.6 Å². The minimum Gasteiger partial charge on any atom is -0.467 e. The van der Waals surface area contributed by atoms with E-state index in [4.69, 9.17) is 9.47 Å². The second-order valence-electron chi connectivity index (χ2n) is 7.78. The van der Waals surface area contributed by atoms with E-state index in [1.807, 2.05) is 12.1 Å². The molecule has 0 fully saturated rings. The zero-order chi connectivity index (χ0) is 22.5. The van der Waals surface area contributed by atoms with Crippen molar-refractivity contribution in [3.05, 3.63) is 36.0 Å². The van der Waals surface area contributed by atoms with Gasteiger partial charge in [0.15, 0.2) is 0 Å². The Balaban J connectivity index is 2.33. The highest BCUT2D eigenvalue weighted by molar-refractivity contribution is 5.93. The summed E-state index contributed by atoms with van der Waals surface area (Å²) in [6.07, 6.45) is 1.14. The van der Waals surface area contributed by atoms with E-state index in [1.165, 1.54) is 18.6 Å². The summed E-state index contributed by atoms with van der Waals surface area (Å²) in [6, 6.07) is 6.20. The summed E-state index contributed by atoms with van der Waals surface area (Å²) >= 11 is 0. The predicted molar refractivity (Wildman–Crippen MR) is 110 cm³/mol. The summed E-state index contributed by atoms with van der Waals surface area (Å²) in [5.41, 5.74) is 0.608. The number of nitrogens with zero attached hydrogens (tertiary/aromatic N) is 1. The van der Waals surface area contributed by atoms with Crippen LogP contribution in [0.2, 0.25) is 0 Å². The van der Waals surface area contributed by atoms with Crippen LogP contribution in [-0.4, -0.2) is 53.7 Å². The SMILES string of the molecule is COC(=O)[C@H](Cc1cn(C(=O)OC(C)(C)C)c2ccccc12)NC(=O)CNC(C)=O. The summed E-state index contributed by atoms with van der Waals surface area (Å²) in [4.78, 5) is 47.9. The van der Waals surface area contributed by atoms with Gasteiger partial charge in [0.2, 0.25) is 11.8 Å². The van der Waals surface area contributed by atoms with Crippen LogP contribution in [0, 0.1) is 0 Å². The van der Waals surface area contributed by atoms with Crippen molar-refractivity contribution >= 4 is 34.8 Å². The normalized spacial score (nSPS) is 12.2. The van der Waals surface area contributed by atoms with Gasteiger partial charge < -0.3 is 20.1 Å². The zero-order valence-corrected chi connectivity index (χ0v) is 17.8. The molecule has 1 heterocycles. The molecule has 0 saturated heterocycles. The van der Waals surface area contributed by atoms with Crippen molar-refractivity contribution in [2.24, 2.45) is 0 Å². The molecule has 0 radical (unpaired) electrons. The lowest BCUT2D eigenvalue weighted by atomic mass is 10.0. The van der Waals surface area contributed by atoms with Gasteiger partial charge in [-0.05, 0) is 32.4 Å². The molecule has 2 amide bonds. The minimum absolute atomic E-state index is 0.0921. The number of methoxy groups -OCH3 is 1. The number of benzene rings is 1. The fourth-order valence-corrected chi connectivity index (χ4v) is 2.88. The fourth-order valence-electron chi connectivity index (χ4n) is 2.88. The van der Waals surface area contributed by atoms with Crippen LogP contribution in [0.15, 0.2) is 30.5 Å². The third-order valence-electron chi connectivity index (χ3n) is 4.13. The third kappa shape index (κ3) is 6.07. The van der Waals surface area contributed by atoms with Gasteiger partial charge in [0.05, 0.1) is 19.2 Å². The van der Waals surface area contributed by atoms with Crippen LogP contribution in [-0.2, 0) is 30.3 Å². The van der Waals surface area contributed by atoms with Crippen LogP contribution in [0.3, 0.4) is 0 Å². The first-order valence-electron chi connectivity index (χ1n) is 9.45. The highest BCUT2D eigenvalue weighted by atomic mass is 16.6. The molecule has 30 heavy (non-hydrogen) atoms. The lowest BCUT2D eigenvalue weighted by Gasteiger charge is -2.19. The third-order valence-corrected chi connectivity index (χ3v) is 4.13. The van der Waals surface area contributed by atoms with Gasteiger partial charge in [0, 0.05) is 24.9 Å². The van der Waals surface area contributed by atoms with Crippen molar-refractivity contribution in [3.8, 4) is 0 Å². The van der Waals surface area contributed by atoms with Crippen LogP contribution >= 0.6 is 0 Å². The number of aromatic nitrogens is 1. The number of amides is 2. The summed E-state index contributed by atoms with van der Waals surface area (Å²) in [5, 5.41) is 5.68. The molecule has 9 nitrogen and oxygen atoms in total. The molecule has 9 heteroatoms. The number of hydrogen-bond donors (Lipinski definition) is 2. The quantitative estimate of drug-likeness (QED) is 0.692. The number of hydrogen-bond acceptors (Lipinski definition) is 6. The van der Waals surface area contributed by atoms with Crippen LogP contribution in [0.25, 0.3) is 10.9 Å². The van der Waals surface area contributed by atoms with Crippen LogP contribution in [0.5, 0.6) is 0 Å². The van der Waals surface area contributed by atoms with Gasteiger partial charge >= 0.3 is 12.1 Å². The summed E-state index contributed by atoms with van der Waals surface area (Å²) in [6.45, 7) is 6.35. The number of carbonyl (C=O) groups excluding carboxylic acids is 4. The molecular formula is C21H27N3O6. The number of nitrogens with one attached hydrogen (secondary N) is 2. The zero-order valence-electron chi connectivity index (χ0n) is 17.8. The van der Waals surface area contributed by atoms with Gasteiger partial charge in [0.25, 0.3) is 0 Å². The van der Waals surface area contributed by atoms with Crippen molar-refractivity contribution in [1.82, 2.24) is 15.2 Å². The van der Waals surface area contributed by atoms with Gasteiger partial charge in [-0.3, -0.25) is 14.2 Å². The molecule has 2 rings (SSSR count). The Morgan fingerprint density at radius 3 is 2.40 bits per heavy atom. The van der Waals surface area contributed by atoms with E-state index in [2.05, 4.69) is 10.6 Å². The molecule has 2 N–H and O–H groups in total. The molecule has 0 bridgehead atoms. The lowest BCUT2D eigenvalue weighted by molar-refractivity contribution is -0.144. The summed E-state index contributed by atoms with van der Waals surface area (Å²) in [7, 11) is 1.22. The first-order chi connectivity index (χ1) is 14.0. The van der Waals surface area contributed by atoms with Gasteiger partial charge in [-0.15, -0.1) is 0 Å². The fraction of sp³-hybridized carbons (Fsp3) is 0.429. The van der Waals surface area contributed by atoms with Crippen molar-refractivity contribution in [2.45, 2.75) is 45.8 Å². The van der Waals surface area contributed by atoms with E-state index in [-0.39, 0.29) is 18.9 Å². The predicted octanol–water partition coefficient (Wildman–Crippen LogP) is 1.76. The number of ether oxygens (including phenoxy) is 2. The molecule has 0 aliphatic rings. The molecule has 162 valence electrons. The van der Waals surface area contributed by atoms with Crippen LogP contribution in [0.4, 0.5) is 4.79 Å². The van der Waals surface area contributed by atoms with Gasteiger partial charge in [0.1, 0.15) is 11.6 Å². The van der Waals surface area contributed by atoms with Gasteiger partial charge in [-0.1, -0.05) is 18.2 Å². The van der Waals surface area contributed by atoms with E-state index in [1.54, 1.807) is 39.1 Å². The molecule has 0 spiro atoms. The first kappa shape index (κ1) is 22.9. The number of rotatable bonds is 6. The number of carbonyl (C=O) groups is 4. The van der Waals surface area contributed by atoms with Crippen molar-refractivity contribution in [3.63, 3.8) is 0 Å². The number of fused-ring (bicyclic) bond motifs is 1. The van der Waals surface area contributed by atoms with Gasteiger partial charge in [-0.2, -0.15) is 0 Å². The molecule has 0 saturated carbocycles. The molecular weight excluding hydrogens is 390 g/mol. The van der Waals surface area contributed by atoms with Crippen molar-refractivity contribution in [1.29, 1.82) is 0 Å². The largest absolute Gasteiger partial charge is 0.467 e. The molecule has 0 aliphatic heterocycles. The number of esters is 1. The lowest BCUT2D eigenvalue weighted by Crippen LogP contribution is -2.46. The molecule has 0 unspecified atom stereocenters. The standard InChI is InChI=1S/C21H27N3O6/c1-13(25)22-11-18(26)23-16(19(27)29-5)10-14-12-24(20(28)30-21(2,3)4)17-9-7-6-8-15(14)17/h6-9,12,16H,10-11H2,1-5H3,(H,22,25)(H,23,26)/t16-/m0/s1. The Bertz CT molecular complexity index is 957. The topological polar surface area (TPSA) is 116 Å². The Morgan fingerprint density at radius 1 is 1.13 bits per heavy atom. The highest BCUT2D eigenvalue weighted by Crippen LogP contribution is 2.24. The van der Waals surface area contributed by atoms with Crippen molar-refractivity contribution < 1.29 is 28.7 Å². The second-order valence-corrected chi connectivity index (χ2v) is 7.78. The molecule has 1 atom stereocenters. The summed E-state index contributed by atoms with van der Waals surface area (Å²) < 4.78 is 11.6. The minimum atomic E-state index is -0.992. The van der Waals surface area contributed by atoms with Crippen molar-refractivity contribution in [2.75, 3.05) is 13.7 Å². The monoisotopic (exact) mass is 417 g/mol. The smallest absolute Gasteiger partial charge is 0.419 e. The van der Waals surface area contributed by atoms with Crippen LogP contribution in [0.1, 0.15) is 33.3 Å². The average Bonchev–Trinajstić information content (AvgIpc) is 3.03. The molecule has 2 aromatic rings. The second kappa shape index (κ2) is 9.43.